The first-order valence-corrected chi connectivity index (χ1v) is 9.15. The number of rotatable bonds is 2. The van der Waals surface area contributed by atoms with Crippen molar-refractivity contribution in [3.63, 3.8) is 0 Å². The Bertz CT molecular complexity index is 823. The number of aryl methyl sites for hydroxylation is 2. The highest BCUT2D eigenvalue weighted by molar-refractivity contribution is 5.95. The van der Waals surface area contributed by atoms with Gasteiger partial charge in [-0.15, -0.1) is 0 Å². The highest BCUT2D eigenvalue weighted by atomic mass is 16.2. The Morgan fingerprint density at radius 1 is 1.16 bits per heavy atom. The minimum Gasteiger partial charge on any atom is -0.338 e. The molecule has 1 aliphatic carbocycles. The summed E-state index contributed by atoms with van der Waals surface area (Å²) in [5, 5.41) is 0. The van der Waals surface area contributed by atoms with Crippen LogP contribution in [0.15, 0.2) is 24.4 Å². The standard InChI is InChI=1S/C21H25N3O/c1-12(2)20-22-9-17-18-11-24(10-16(18)8-19(17)23-20)21(25)15-6-13(3)5-14(4)7-15/h5-7,9,12,16,18H,8,10-11H2,1-4H3. The molecule has 2 heterocycles. The van der Waals surface area contributed by atoms with Crippen LogP contribution in [0.25, 0.3) is 0 Å². The van der Waals surface area contributed by atoms with Crippen LogP contribution >= 0.6 is 0 Å². The van der Waals surface area contributed by atoms with Crippen molar-refractivity contribution in [1.82, 2.24) is 14.9 Å². The number of nitrogens with zero attached hydrogens (tertiary/aromatic N) is 3. The van der Waals surface area contributed by atoms with E-state index in [2.05, 4.69) is 24.9 Å². The molecule has 2 aromatic rings. The Labute approximate surface area is 149 Å². The van der Waals surface area contributed by atoms with Crippen LogP contribution in [0.2, 0.25) is 0 Å². The molecule has 1 amide bonds. The van der Waals surface area contributed by atoms with Crippen molar-refractivity contribution in [3.05, 3.63) is 58.2 Å². The molecular formula is C21H25N3O. The molecule has 1 saturated heterocycles. The van der Waals surface area contributed by atoms with Gasteiger partial charge in [0.2, 0.25) is 0 Å². The average Bonchev–Trinajstić information content (AvgIpc) is 3.10. The number of fused-ring (bicyclic) bond motifs is 3. The van der Waals surface area contributed by atoms with Crippen LogP contribution in [-0.4, -0.2) is 33.9 Å². The Kier molecular flexibility index (Phi) is 3.86. The number of amides is 1. The molecule has 2 aliphatic rings. The molecule has 4 nitrogen and oxygen atoms in total. The van der Waals surface area contributed by atoms with Gasteiger partial charge in [0.25, 0.3) is 5.91 Å². The summed E-state index contributed by atoms with van der Waals surface area (Å²) in [6, 6.07) is 6.10. The van der Waals surface area contributed by atoms with Crippen LogP contribution in [0.3, 0.4) is 0 Å². The van der Waals surface area contributed by atoms with Gasteiger partial charge < -0.3 is 4.90 Å². The van der Waals surface area contributed by atoms with Gasteiger partial charge in [-0.25, -0.2) is 9.97 Å². The molecule has 0 radical (unpaired) electrons. The molecule has 4 heteroatoms. The molecule has 0 bridgehead atoms. The van der Waals surface area contributed by atoms with Gasteiger partial charge in [0.1, 0.15) is 5.82 Å². The Hall–Kier alpha value is -2.23. The third kappa shape index (κ3) is 2.84. The normalized spacial score (nSPS) is 21.6. The number of likely N-dealkylation sites (tertiary alicyclic amines) is 1. The van der Waals surface area contributed by atoms with Crippen LogP contribution < -0.4 is 0 Å². The van der Waals surface area contributed by atoms with Gasteiger partial charge in [-0.05, 0) is 43.9 Å². The fraction of sp³-hybridized carbons (Fsp3) is 0.476. The van der Waals surface area contributed by atoms with Crippen LogP contribution in [0.1, 0.15) is 64.2 Å². The summed E-state index contributed by atoms with van der Waals surface area (Å²) in [5.41, 5.74) is 5.55. The zero-order chi connectivity index (χ0) is 17.7. The predicted octanol–water partition coefficient (Wildman–Crippen LogP) is 3.63. The van der Waals surface area contributed by atoms with Crippen LogP contribution in [0.5, 0.6) is 0 Å². The van der Waals surface area contributed by atoms with E-state index in [9.17, 15) is 4.79 Å². The van der Waals surface area contributed by atoms with E-state index in [0.717, 1.165) is 42.0 Å². The third-order valence-corrected chi connectivity index (χ3v) is 5.49. The first kappa shape index (κ1) is 16.2. The van der Waals surface area contributed by atoms with Crippen molar-refractivity contribution < 1.29 is 4.79 Å². The molecule has 1 fully saturated rings. The lowest BCUT2D eigenvalue weighted by Gasteiger charge is -2.18. The summed E-state index contributed by atoms with van der Waals surface area (Å²) in [6.45, 7) is 9.95. The molecule has 130 valence electrons. The van der Waals surface area contributed by atoms with Crippen LogP contribution in [0, 0.1) is 19.8 Å². The highest BCUT2D eigenvalue weighted by Gasteiger charge is 2.42. The maximum atomic E-state index is 12.9. The zero-order valence-electron chi connectivity index (χ0n) is 15.4. The summed E-state index contributed by atoms with van der Waals surface area (Å²) >= 11 is 0. The van der Waals surface area contributed by atoms with Gasteiger partial charge in [0.15, 0.2) is 0 Å². The zero-order valence-corrected chi connectivity index (χ0v) is 15.4. The fourth-order valence-corrected chi connectivity index (χ4v) is 4.32. The second kappa shape index (κ2) is 5.94. The number of carbonyl (C=O) groups excluding carboxylic acids is 1. The fourth-order valence-electron chi connectivity index (χ4n) is 4.32. The molecule has 4 rings (SSSR count). The lowest BCUT2D eigenvalue weighted by Crippen LogP contribution is -2.29. The van der Waals surface area contributed by atoms with E-state index in [-0.39, 0.29) is 5.91 Å². The van der Waals surface area contributed by atoms with E-state index in [0.29, 0.717) is 17.8 Å². The van der Waals surface area contributed by atoms with E-state index >= 15 is 0 Å². The average molecular weight is 335 g/mol. The lowest BCUT2D eigenvalue weighted by atomic mass is 9.97. The molecule has 1 aliphatic heterocycles. The maximum Gasteiger partial charge on any atom is 0.253 e. The predicted molar refractivity (Wildman–Crippen MR) is 97.9 cm³/mol. The quantitative estimate of drug-likeness (QED) is 0.842. The van der Waals surface area contributed by atoms with Gasteiger partial charge in [-0.2, -0.15) is 0 Å². The molecule has 1 aromatic carbocycles. The SMILES string of the molecule is Cc1cc(C)cc(C(=O)N2CC3Cc4nc(C(C)C)ncc4C3C2)c1. The maximum absolute atomic E-state index is 12.9. The van der Waals surface area contributed by atoms with Crippen molar-refractivity contribution in [1.29, 1.82) is 0 Å². The Morgan fingerprint density at radius 2 is 1.88 bits per heavy atom. The Morgan fingerprint density at radius 3 is 2.56 bits per heavy atom. The molecule has 0 saturated carbocycles. The minimum atomic E-state index is 0.155. The van der Waals surface area contributed by atoms with E-state index in [1.54, 1.807) is 0 Å². The number of carbonyl (C=O) groups is 1. The number of hydrogen-bond acceptors (Lipinski definition) is 3. The molecule has 2 unspecified atom stereocenters. The summed E-state index contributed by atoms with van der Waals surface area (Å²) < 4.78 is 0. The minimum absolute atomic E-state index is 0.155. The molecule has 25 heavy (non-hydrogen) atoms. The smallest absolute Gasteiger partial charge is 0.253 e. The van der Waals surface area contributed by atoms with E-state index in [4.69, 9.17) is 4.98 Å². The molecule has 0 N–H and O–H groups in total. The molecular weight excluding hydrogens is 310 g/mol. The first-order chi connectivity index (χ1) is 11.9. The van der Waals surface area contributed by atoms with Crippen molar-refractivity contribution >= 4 is 5.91 Å². The monoisotopic (exact) mass is 335 g/mol. The van der Waals surface area contributed by atoms with Crippen molar-refractivity contribution in [2.75, 3.05) is 13.1 Å². The summed E-state index contributed by atoms with van der Waals surface area (Å²) in [4.78, 5) is 24.3. The number of hydrogen-bond donors (Lipinski definition) is 0. The largest absolute Gasteiger partial charge is 0.338 e. The second-order valence-corrected chi connectivity index (χ2v) is 7.94. The van der Waals surface area contributed by atoms with E-state index in [1.807, 2.05) is 37.1 Å². The van der Waals surface area contributed by atoms with Gasteiger partial charge in [0, 0.05) is 42.4 Å². The van der Waals surface area contributed by atoms with Crippen molar-refractivity contribution in [2.45, 2.75) is 46.0 Å². The molecule has 0 spiro atoms. The summed E-state index contributed by atoms with van der Waals surface area (Å²) in [7, 11) is 0. The number of benzene rings is 1. The highest BCUT2D eigenvalue weighted by Crippen LogP contribution is 2.42. The van der Waals surface area contributed by atoms with Gasteiger partial charge >= 0.3 is 0 Å². The summed E-state index contributed by atoms with van der Waals surface area (Å²) in [6.07, 6.45) is 2.98. The van der Waals surface area contributed by atoms with Crippen LogP contribution in [0.4, 0.5) is 0 Å². The topological polar surface area (TPSA) is 46.1 Å². The Balaban J connectivity index is 1.55. The van der Waals surface area contributed by atoms with E-state index < -0.39 is 0 Å². The third-order valence-electron chi connectivity index (χ3n) is 5.49. The van der Waals surface area contributed by atoms with Crippen molar-refractivity contribution in [3.8, 4) is 0 Å². The van der Waals surface area contributed by atoms with Gasteiger partial charge in [-0.1, -0.05) is 31.0 Å². The summed E-state index contributed by atoms with van der Waals surface area (Å²) in [5.74, 6) is 2.32. The number of aromatic nitrogens is 2. The lowest BCUT2D eigenvalue weighted by molar-refractivity contribution is 0.0785. The first-order valence-electron chi connectivity index (χ1n) is 9.15. The van der Waals surface area contributed by atoms with E-state index in [1.165, 1.54) is 11.3 Å². The van der Waals surface area contributed by atoms with Gasteiger partial charge in [0.05, 0.1) is 0 Å². The second-order valence-electron chi connectivity index (χ2n) is 7.94. The van der Waals surface area contributed by atoms with Crippen LogP contribution in [-0.2, 0) is 6.42 Å². The van der Waals surface area contributed by atoms with Crippen molar-refractivity contribution in [2.24, 2.45) is 5.92 Å². The molecule has 1 aromatic heterocycles. The van der Waals surface area contributed by atoms with Gasteiger partial charge in [-0.3, -0.25) is 4.79 Å². The molecule has 2 atom stereocenters.